The first kappa shape index (κ1) is 15.4. The SMILES string of the molecule is C[C@@](c1ccc(O)cc1)([C@@H](O)c1ccccc1)C(F)(F)F. The van der Waals surface area contributed by atoms with Crippen LogP contribution in [0.2, 0.25) is 0 Å². The van der Waals surface area contributed by atoms with Crippen LogP contribution in [-0.2, 0) is 5.41 Å². The van der Waals surface area contributed by atoms with Crippen LogP contribution in [0.25, 0.3) is 0 Å². The van der Waals surface area contributed by atoms with Crippen LogP contribution in [-0.4, -0.2) is 16.4 Å². The predicted molar refractivity (Wildman–Crippen MR) is 72.9 cm³/mol. The Bertz CT molecular complexity index is 593. The topological polar surface area (TPSA) is 40.5 Å². The molecular formula is C16H15F3O2. The summed E-state index contributed by atoms with van der Waals surface area (Å²) in [6.07, 6.45) is -6.40. The molecule has 2 rings (SSSR count). The molecular weight excluding hydrogens is 281 g/mol. The quantitative estimate of drug-likeness (QED) is 0.900. The number of phenols is 1. The highest BCUT2D eigenvalue weighted by Gasteiger charge is 2.57. The molecule has 2 N–H and O–H groups in total. The number of hydrogen-bond acceptors (Lipinski definition) is 2. The minimum absolute atomic E-state index is 0.107. The molecule has 2 aromatic carbocycles. The van der Waals surface area contributed by atoms with Crippen molar-refractivity contribution in [2.45, 2.75) is 24.6 Å². The van der Waals surface area contributed by atoms with Crippen molar-refractivity contribution in [1.82, 2.24) is 0 Å². The number of aliphatic hydroxyl groups is 1. The number of alkyl halides is 3. The van der Waals surface area contributed by atoms with E-state index in [9.17, 15) is 23.4 Å². The molecule has 0 bridgehead atoms. The first-order valence-corrected chi connectivity index (χ1v) is 6.36. The highest BCUT2D eigenvalue weighted by molar-refractivity contribution is 5.36. The van der Waals surface area contributed by atoms with E-state index in [-0.39, 0.29) is 16.9 Å². The molecule has 0 heterocycles. The Balaban J connectivity index is 2.55. The molecule has 0 aromatic heterocycles. The Kier molecular flexibility index (Phi) is 3.96. The van der Waals surface area contributed by atoms with E-state index >= 15 is 0 Å². The third kappa shape index (κ3) is 2.74. The van der Waals surface area contributed by atoms with Crippen LogP contribution in [0.1, 0.15) is 24.2 Å². The molecule has 2 atom stereocenters. The number of halogens is 3. The largest absolute Gasteiger partial charge is 0.508 e. The lowest BCUT2D eigenvalue weighted by Crippen LogP contribution is -2.44. The van der Waals surface area contributed by atoms with E-state index in [0.29, 0.717) is 0 Å². The number of rotatable bonds is 3. The third-order valence-electron chi connectivity index (χ3n) is 3.72. The van der Waals surface area contributed by atoms with E-state index in [4.69, 9.17) is 0 Å². The average molecular weight is 296 g/mol. The molecule has 0 amide bonds. The summed E-state index contributed by atoms with van der Waals surface area (Å²) in [5.41, 5.74) is -2.39. The minimum Gasteiger partial charge on any atom is -0.508 e. The summed E-state index contributed by atoms with van der Waals surface area (Å²) in [5, 5.41) is 19.6. The summed E-state index contributed by atoms with van der Waals surface area (Å²) in [5.74, 6) is -0.127. The Morgan fingerprint density at radius 2 is 1.43 bits per heavy atom. The molecule has 5 heteroatoms. The van der Waals surface area contributed by atoms with Crippen molar-refractivity contribution in [3.05, 3.63) is 65.7 Å². The third-order valence-corrected chi connectivity index (χ3v) is 3.72. The molecule has 0 saturated heterocycles. The van der Waals surface area contributed by atoms with Gasteiger partial charge in [-0.3, -0.25) is 0 Å². The summed E-state index contributed by atoms with van der Waals surface area (Å²) in [7, 11) is 0. The number of phenolic OH excluding ortho intramolecular Hbond substituents is 1. The second-order valence-corrected chi connectivity index (χ2v) is 5.06. The van der Waals surface area contributed by atoms with Gasteiger partial charge in [0.15, 0.2) is 0 Å². The highest BCUT2D eigenvalue weighted by Crippen LogP contribution is 2.49. The van der Waals surface area contributed by atoms with Crippen molar-refractivity contribution >= 4 is 0 Å². The second kappa shape index (κ2) is 5.41. The van der Waals surface area contributed by atoms with Crippen LogP contribution in [0, 0.1) is 0 Å². The van der Waals surface area contributed by atoms with Crippen molar-refractivity contribution in [3.8, 4) is 5.75 Å². The summed E-state index contributed by atoms with van der Waals surface area (Å²) in [6, 6.07) is 12.4. The van der Waals surface area contributed by atoms with E-state index in [0.717, 1.165) is 6.92 Å². The smallest absolute Gasteiger partial charge is 0.400 e. The van der Waals surface area contributed by atoms with E-state index in [2.05, 4.69) is 0 Å². The Labute approximate surface area is 120 Å². The van der Waals surface area contributed by atoms with Gasteiger partial charge >= 0.3 is 6.18 Å². The lowest BCUT2D eigenvalue weighted by molar-refractivity contribution is -0.214. The number of aliphatic hydroxyl groups excluding tert-OH is 1. The van der Waals surface area contributed by atoms with Crippen molar-refractivity contribution in [2.75, 3.05) is 0 Å². The fourth-order valence-corrected chi connectivity index (χ4v) is 2.25. The maximum absolute atomic E-state index is 13.6. The molecule has 0 saturated carbocycles. The molecule has 0 unspecified atom stereocenters. The molecule has 21 heavy (non-hydrogen) atoms. The molecule has 0 spiro atoms. The fourth-order valence-electron chi connectivity index (χ4n) is 2.25. The summed E-state index contributed by atoms with van der Waals surface area (Å²) < 4.78 is 40.8. The van der Waals surface area contributed by atoms with Crippen LogP contribution in [0.5, 0.6) is 5.75 Å². The molecule has 0 fully saturated rings. The Hall–Kier alpha value is -2.01. The van der Waals surface area contributed by atoms with Crippen LogP contribution in [0.3, 0.4) is 0 Å². The van der Waals surface area contributed by atoms with Crippen molar-refractivity contribution < 1.29 is 23.4 Å². The van der Waals surface area contributed by atoms with Crippen molar-refractivity contribution in [2.24, 2.45) is 0 Å². The van der Waals surface area contributed by atoms with Gasteiger partial charge < -0.3 is 10.2 Å². The first-order chi connectivity index (χ1) is 9.76. The normalized spacial score (nSPS) is 16.2. The zero-order valence-corrected chi connectivity index (χ0v) is 11.3. The fraction of sp³-hybridized carbons (Fsp3) is 0.250. The van der Waals surface area contributed by atoms with E-state index in [1.54, 1.807) is 18.2 Å². The van der Waals surface area contributed by atoms with E-state index in [1.165, 1.54) is 36.4 Å². The van der Waals surface area contributed by atoms with Crippen molar-refractivity contribution in [1.29, 1.82) is 0 Å². The highest BCUT2D eigenvalue weighted by atomic mass is 19.4. The van der Waals surface area contributed by atoms with Crippen molar-refractivity contribution in [3.63, 3.8) is 0 Å². The Morgan fingerprint density at radius 3 is 1.90 bits per heavy atom. The molecule has 0 radical (unpaired) electrons. The monoisotopic (exact) mass is 296 g/mol. The maximum atomic E-state index is 13.6. The van der Waals surface area contributed by atoms with Gasteiger partial charge in [0.05, 0.1) is 6.10 Å². The maximum Gasteiger partial charge on any atom is 0.400 e. The van der Waals surface area contributed by atoms with Crippen LogP contribution in [0.15, 0.2) is 54.6 Å². The second-order valence-electron chi connectivity index (χ2n) is 5.06. The van der Waals surface area contributed by atoms with Crippen LogP contribution >= 0.6 is 0 Å². The zero-order valence-electron chi connectivity index (χ0n) is 11.3. The standard InChI is InChI=1S/C16H15F3O2/c1-15(16(17,18)19,12-7-9-13(20)10-8-12)14(21)11-5-3-2-4-6-11/h2-10,14,20-21H,1H3/t14-,15+/m0/s1. The Morgan fingerprint density at radius 1 is 0.905 bits per heavy atom. The zero-order chi connectivity index (χ0) is 15.7. The van der Waals surface area contributed by atoms with Gasteiger partial charge in [-0.1, -0.05) is 42.5 Å². The van der Waals surface area contributed by atoms with Gasteiger partial charge in [0.2, 0.25) is 0 Å². The number of benzene rings is 2. The first-order valence-electron chi connectivity index (χ1n) is 6.36. The lowest BCUT2D eigenvalue weighted by Gasteiger charge is -2.37. The van der Waals surface area contributed by atoms with Gasteiger partial charge in [0.25, 0.3) is 0 Å². The van der Waals surface area contributed by atoms with Gasteiger partial charge in [-0.25, -0.2) is 0 Å². The minimum atomic E-state index is -4.65. The van der Waals surface area contributed by atoms with E-state index < -0.39 is 17.7 Å². The van der Waals surface area contributed by atoms with Gasteiger partial charge in [0.1, 0.15) is 11.2 Å². The van der Waals surface area contributed by atoms with Crippen LogP contribution < -0.4 is 0 Å². The van der Waals surface area contributed by atoms with Gasteiger partial charge in [-0.15, -0.1) is 0 Å². The summed E-state index contributed by atoms with van der Waals surface area (Å²) in [6.45, 7) is 0.955. The summed E-state index contributed by atoms with van der Waals surface area (Å²) >= 11 is 0. The number of aromatic hydroxyl groups is 1. The van der Waals surface area contributed by atoms with E-state index in [1.807, 2.05) is 0 Å². The van der Waals surface area contributed by atoms with Gasteiger partial charge in [0, 0.05) is 0 Å². The average Bonchev–Trinajstić information content (AvgIpc) is 2.46. The molecule has 0 aliphatic carbocycles. The van der Waals surface area contributed by atoms with Crippen LogP contribution in [0.4, 0.5) is 13.2 Å². The number of hydrogen-bond donors (Lipinski definition) is 2. The van der Waals surface area contributed by atoms with Gasteiger partial charge in [-0.2, -0.15) is 13.2 Å². The lowest BCUT2D eigenvalue weighted by atomic mass is 9.74. The molecule has 0 aliphatic rings. The molecule has 2 aromatic rings. The molecule has 112 valence electrons. The van der Waals surface area contributed by atoms with Gasteiger partial charge in [-0.05, 0) is 30.2 Å². The predicted octanol–water partition coefficient (Wildman–Crippen LogP) is 3.95. The molecule has 2 nitrogen and oxygen atoms in total. The molecule has 0 aliphatic heterocycles. The summed E-state index contributed by atoms with van der Waals surface area (Å²) in [4.78, 5) is 0.